The number of unbranched alkanes of at least 4 members (excludes halogenated alkanes) is 12. The Morgan fingerprint density at radius 2 is 1.03 bits per heavy atom. The number of rotatable bonds is 21. The molecule has 0 unspecified atom stereocenters. The first kappa shape index (κ1) is 31.0. The van der Waals surface area contributed by atoms with E-state index in [4.69, 9.17) is 14.9 Å². The number of carbonyl (C=O) groups is 2. The number of ether oxygens (including phenoxy) is 1. The first-order valence-electron chi connectivity index (χ1n) is 13.9. The second kappa shape index (κ2) is 18.3. The number of aryl methyl sites for hydroxylation is 2. The van der Waals surface area contributed by atoms with Crippen molar-refractivity contribution in [2.45, 2.75) is 142 Å². The van der Waals surface area contributed by atoms with E-state index < -0.39 is 11.9 Å². The van der Waals surface area contributed by atoms with Gasteiger partial charge in [-0.3, -0.25) is 9.59 Å². The van der Waals surface area contributed by atoms with Crippen LogP contribution in [-0.4, -0.2) is 27.8 Å². The third-order valence-electron chi connectivity index (χ3n) is 6.28. The van der Waals surface area contributed by atoms with Gasteiger partial charge in [0.15, 0.2) is 0 Å². The summed E-state index contributed by atoms with van der Waals surface area (Å²) in [5, 5.41) is 17.4. The van der Waals surface area contributed by atoms with E-state index in [1.54, 1.807) is 0 Å². The normalized spacial score (nSPS) is 11.5. The van der Waals surface area contributed by atoms with E-state index in [-0.39, 0.29) is 5.60 Å². The summed E-state index contributed by atoms with van der Waals surface area (Å²) < 4.78 is 6.12. The molecule has 0 aliphatic carbocycles. The highest BCUT2D eigenvalue weighted by molar-refractivity contribution is 5.66. The summed E-state index contributed by atoms with van der Waals surface area (Å²) in [6.07, 6.45) is 18.3. The van der Waals surface area contributed by atoms with Gasteiger partial charge in [-0.15, -0.1) is 0 Å². The minimum absolute atomic E-state index is 0.204. The van der Waals surface area contributed by atoms with E-state index in [0.717, 1.165) is 57.1 Å². The molecule has 0 spiro atoms. The Labute approximate surface area is 213 Å². The fourth-order valence-corrected chi connectivity index (χ4v) is 4.45. The van der Waals surface area contributed by atoms with Crippen LogP contribution in [0.3, 0.4) is 0 Å². The van der Waals surface area contributed by atoms with Crippen molar-refractivity contribution < 1.29 is 24.5 Å². The molecule has 0 radical (unpaired) electrons. The van der Waals surface area contributed by atoms with Crippen LogP contribution >= 0.6 is 0 Å². The van der Waals surface area contributed by atoms with Crippen LogP contribution in [0.2, 0.25) is 0 Å². The molecule has 1 aromatic carbocycles. The molecule has 0 aromatic heterocycles. The molecule has 0 aliphatic rings. The number of carboxylic acid groups (broad SMARTS) is 2. The second-order valence-corrected chi connectivity index (χ2v) is 10.9. The standard InChI is InChI=1S/C30H50O5/c1-30(2,3)35-27-23-22-25(18-14-10-6-4-8-12-16-20-28(31)32)26(24-27)19-15-11-7-5-9-13-17-21-29(33)34/h22-24H,4-21H2,1-3H3,(H,31,32)(H,33,34). The first-order valence-corrected chi connectivity index (χ1v) is 13.9. The van der Waals surface area contributed by atoms with E-state index in [1.807, 2.05) is 0 Å². The van der Waals surface area contributed by atoms with Crippen molar-refractivity contribution in [2.24, 2.45) is 0 Å². The molecule has 2 N–H and O–H groups in total. The minimum Gasteiger partial charge on any atom is -0.488 e. The fraction of sp³-hybridized carbons (Fsp3) is 0.733. The number of hydrogen-bond donors (Lipinski definition) is 2. The number of aliphatic carboxylic acids is 2. The molecule has 1 aromatic rings. The predicted octanol–water partition coefficient (Wildman–Crippen LogP) is 8.36. The Kier molecular flexibility index (Phi) is 16.2. The molecule has 35 heavy (non-hydrogen) atoms. The predicted molar refractivity (Wildman–Crippen MR) is 143 cm³/mol. The van der Waals surface area contributed by atoms with Crippen LogP contribution in [-0.2, 0) is 22.4 Å². The van der Waals surface area contributed by atoms with Crippen molar-refractivity contribution in [3.05, 3.63) is 29.3 Å². The lowest BCUT2D eigenvalue weighted by Crippen LogP contribution is -2.23. The van der Waals surface area contributed by atoms with Gasteiger partial charge in [-0.25, -0.2) is 0 Å². The molecule has 5 heteroatoms. The highest BCUT2D eigenvalue weighted by Crippen LogP contribution is 2.25. The van der Waals surface area contributed by atoms with Crippen LogP contribution in [0.1, 0.15) is 135 Å². The van der Waals surface area contributed by atoms with Crippen LogP contribution in [0.25, 0.3) is 0 Å². The summed E-state index contributed by atoms with van der Waals surface area (Å²) >= 11 is 0. The van der Waals surface area contributed by atoms with Gasteiger partial charge in [-0.05, 0) is 82.6 Å². The lowest BCUT2D eigenvalue weighted by Gasteiger charge is -2.22. The van der Waals surface area contributed by atoms with E-state index in [0.29, 0.717) is 12.8 Å². The molecular formula is C30H50O5. The quantitative estimate of drug-likeness (QED) is 0.169. The van der Waals surface area contributed by atoms with Gasteiger partial charge in [-0.2, -0.15) is 0 Å². The van der Waals surface area contributed by atoms with Gasteiger partial charge in [0.2, 0.25) is 0 Å². The summed E-state index contributed by atoms with van der Waals surface area (Å²) in [5.41, 5.74) is 2.66. The van der Waals surface area contributed by atoms with Crippen molar-refractivity contribution in [1.29, 1.82) is 0 Å². The minimum atomic E-state index is -0.688. The number of benzene rings is 1. The maximum Gasteiger partial charge on any atom is 0.303 e. The third kappa shape index (κ3) is 18.0. The Bertz CT molecular complexity index is 720. The van der Waals surface area contributed by atoms with Gasteiger partial charge in [0.1, 0.15) is 11.4 Å². The molecule has 0 amide bonds. The van der Waals surface area contributed by atoms with Crippen molar-refractivity contribution in [3.8, 4) is 5.75 Å². The molecule has 0 aliphatic heterocycles. The molecule has 0 heterocycles. The van der Waals surface area contributed by atoms with E-state index in [2.05, 4.69) is 39.0 Å². The summed E-state index contributed by atoms with van der Waals surface area (Å²) in [5.74, 6) is -0.421. The molecule has 0 bridgehead atoms. The maximum atomic E-state index is 10.6. The summed E-state index contributed by atoms with van der Waals surface area (Å²) in [6.45, 7) is 6.25. The van der Waals surface area contributed by atoms with Gasteiger partial charge < -0.3 is 14.9 Å². The Hall–Kier alpha value is -2.04. The zero-order chi connectivity index (χ0) is 25.9. The van der Waals surface area contributed by atoms with Crippen LogP contribution in [0.15, 0.2) is 18.2 Å². The maximum absolute atomic E-state index is 10.6. The molecular weight excluding hydrogens is 440 g/mol. The van der Waals surface area contributed by atoms with Crippen LogP contribution < -0.4 is 4.74 Å². The molecule has 0 fully saturated rings. The van der Waals surface area contributed by atoms with E-state index in [9.17, 15) is 9.59 Å². The van der Waals surface area contributed by atoms with E-state index in [1.165, 1.54) is 62.5 Å². The molecule has 0 saturated carbocycles. The highest BCUT2D eigenvalue weighted by atomic mass is 16.5. The second-order valence-electron chi connectivity index (χ2n) is 10.9. The molecule has 0 saturated heterocycles. The largest absolute Gasteiger partial charge is 0.488 e. The van der Waals surface area contributed by atoms with Crippen molar-refractivity contribution in [1.82, 2.24) is 0 Å². The number of carboxylic acids is 2. The summed E-state index contributed by atoms with van der Waals surface area (Å²) in [6, 6.07) is 6.61. The Morgan fingerprint density at radius 1 is 0.629 bits per heavy atom. The molecule has 0 atom stereocenters. The SMILES string of the molecule is CC(C)(C)Oc1ccc(CCCCCCCCCC(=O)O)c(CCCCCCCCCC(=O)O)c1. The first-order chi connectivity index (χ1) is 16.7. The van der Waals surface area contributed by atoms with Gasteiger partial charge in [0, 0.05) is 12.8 Å². The van der Waals surface area contributed by atoms with Gasteiger partial charge in [-0.1, -0.05) is 70.3 Å². The van der Waals surface area contributed by atoms with Crippen molar-refractivity contribution in [2.75, 3.05) is 0 Å². The van der Waals surface area contributed by atoms with Gasteiger partial charge in [0.25, 0.3) is 0 Å². The average molecular weight is 491 g/mol. The lowest BCUT2D eigenvalue weighted by atomic mass is 9.95. The van der Waals surface area contributed by atoms with Crippen LogP contribution in [0.5, 0.6) is 5.75 Å². The zero-order valence-corrected chi connectivity index (χ0v) is 22.6. The van der Waals surface area contributed by atoms with Crippen LogP contribution in [0.4, 0.5) is 0 Å². The number of hydrogen-bond acceptors (Lipinski definition) is 3. The van der Waals surface area contributed by atoms with Crippen LogP contribution in [0, 0.1) is 0 Å². The van der Waals surface area contributed by atoms with Gasteiger partial charge in [0.05, 0.1) is 0 Å². The average Bonchev–Trinajstić information content (AvgIpc) is 2.76. The summed E-state index contributed by atoms with van der Waals surface area (Å²) in [7, 11) is 0. The highest BCUT2D eigenvalue weighted by Gasteiger charge is 2.13. The molecule has 200 valence electrons. The Morgan fingerprint density at radius 3 is 1.46 bits per heavy atom. The third-order valence-corrected chi connectivity index (χ3v) is 6.28. The Balaban J connectivity index is 2.39. The van der Waals surface area contributed by atoms with Gasteiger partial charge >= 0.3 is 11.9 Å². The fourth-order valence-electron chi connectivity index (χ4n) is 4.45. The molecule has 1 rings (SSSR count). The summed E-state index contributed by atoms with van der Waals surface area (Å²) in [4.78, 5) is 21.1. The molecule has 5 nitrogen and oxygen atoms in total. The zero-order valence-electron chi connectivity index (χ0n) is 22.6. The monoisotopic (exact) mass is 490 g/mol. The van der Waals surface area contributed by atoms with E-state index >= 15 is 0 Å². The smallest absolute Gasteiger partial charge is 0.303 e. The van der Waals surface area contributed by atoms with Crippen molar-refractivity contribution >= 4 is 11.9 Å². The topological polar surface area (TPSA) is 83.8 Å². The van der Waals surface area contributed by atoms with Crippen molar-refractivity contribution in [3.63, 3.8) is 0 Å². The lowest BCUT2D eigenvalue weighted by molar-refractivity contribution is -0.138.